The summed E-state index contributed by atoms with van der Waals surface area (Å²) in [5, 5.41) is 11.6. The molecule has 5 nitrogen and oxygen atoms in total. The number of aliphatic hydroxyl groups is 1. The summed E-state index contributed by atoms with van der Waals surface area (Å²) in [5.41, 5.74) is -0.489. The van der Waals surface area contributed by atoms with E-state index in [-0.39, 0.29) is 17.9 Å². The van der Waals surface area contributed by atoms with Crippen LogP contribution in [0, 0.1) is 11.8 Å². The number of hydrogen-bond acceptors (Lipinski definition) is 4. The minimum atomic E-state index is -0.911. The Balaban J connectivity index is 1.87. The zero-order valence-corrected chi connectivity index (χ0v) is 16.9. The third-order valence-corrected chi connectivity index (χ3v) is 5.68. The van der Waals surface area contributed by atoms with E-state index in [0.717, 1.165) is 23.1 Å². The van der Waals surface area contributed by atoms with Crippen molar-refractivity contribution in [2.24, 2.45) is 11.8 Å². The van der Waals surface area contributed by atoms with Crippen LogP contribution in [0.25, 0.3) is 0 Å². The summed E-state index contributed by atoms with van der Waals surface area (Å²) in [4.78, 5) is 16.5. The average molecular weight is 411 g/mol. The van der Waals surface area contributed by atoms with Gasteiger partial charge in [0.05, 0.1) is 0 Å². The second-order valence-electron chi connectivity index (χ2n) is 8.33. The molecule has 138 valence electrons. The minimum Gasteiger partial charge on any atom is -0.444 e. The third kappa shape index (κ3) is 3.71. The molecule has 25 heavy (non-hydrogen) atoms. The molecule has 0 aliphatic carbocycles. The molecule has 3 rings (SSSR count). The van der Waals surface area contributed by atoms with Gasteiger partial charge in [0.1, 0.15) is 11.2 Å². The molecule has 2 unspecified atom stereocenters. The lowest BCUT2D eigenvalue weighted by Crippen LogP contribution is -2.65. The molecule has 2 atom stereocenters. The van der Waals surface area contributed by atoms with E-state index in [0.29, 0.717) is 13.1 Å². The largest absolute Gasteiger partial charge is 0.444 e. The second kappa shape index (κ2) is 6.56. The van der Waals surface area contributed by atoms with Crippen LogP contribution in [0.15, 0.2) is 28.7 Å². The smallest absolute Gasteiger partial charge is 0.410 e. The number of nitrogens with zero attached hydrogens (tertiary/aromatic N) is 2. The molecule has 0 radical (unpaired) electrons. The lowest BCUT2D eigenvalue weighted by molar-refractivity contribution is -0.158. The van der Waals surface area contributed by atoms with E-state index >= 15 is 0 Å². The third-order valence-electron chi connectivity index (χ3n) is 5.15. The highest BCUT2D eigenvalue weighted by atomic mass is 79.9. The zero-order valence-electron chi connectivity index (χ0n) is 15.3. The molecule has 1 N–H and O–H groups in total. The van der Waals surface area contributed by atoms with Gasteiger partial charge in [-0.15, -0.1) is 0 Å². The van der Waals surface area contributed by atoms with Crippen molar-refractivity contribution in [2.75, 3.05) is 33.2 Å². The normalized spacial score (nSPS) is 30.2. The number of halogens is 1. The minimum absolute atomic E-state index is 0.0429. The molecule has 1 aromatic rings. The van der Waals surface area contributed by atoms with E-state index in [1.165, 1.54) is 0 Å². The molecule has 0 spiro atoms. The number of likely N-dealkylation sites (tertiary alicyclic amines) is 2. The van der Waals surface area contributed by atoms with Crippen molar-refractivity contribution in [3.63, 3.8) is 0 Å². The number of piperidine rings is 2. The molecular weight excluding hydrogens is 384 g/mol. The van der Waals surface area contributed by atoms with E-state index in [2.05, 4.69) is 27.9 Å². The molecule has 2 bridgehead atoms. The summed E-state index contributed by atoms with van der Waals surface area (Å²) in [5.74, 6) is -0.0858. The summed E-state index contributed by atoms with van der Waals surface area (Å²) >= 11 is 3.46. The van der Waals surface area contributed by atoms with Gasteiger partial charge in [0.2, 0.25) is 0 Å². The molecule has 1 amide bonds. The van der Waals surface area contributed by atoms with Gasteiger partial charge in [-0.1, -0.05) is 28.1 Å². The molecule has 6 heteroatoms. The fraction of sp³-hybridized carbons (Fsp3) is 0.632. The van der Waals surface area contributed by atoms with Crippen LogP contribution in [0.5, 0.6) is 0 Å². The summed E-state index contributed by atoms with van der Waals surface area (Å²) in [6, 6.07) is 7.90. The van der Waals surface area contributed by atoms with E-state index in [1.54, 1.807) is 4.90 Å². The SMILES string of the molecule is CN1CC2CN(C(=O)OC(C)(C)C)CC(C1)C2(O)c1ccc(Br)cc1. The van der Waals surface area contributed by atoms with Crippen LogP contribution < -0.4 is 0 Å². The summed E-state index contributed by atoms with van der Waals surface area (Å²) < 4.78 is 6.54. The number of benzene rings is 1. The topological polar surface area (TPSA) is 53.0 Å². The Morgan fingerprint density at radius 3 is 2.16 bits per heavy atom. The first-order chi connectivity index (χ1) is 11.6. The Labute approximate surface area is 158 Å². The van der Waals surface area contributed by atoms with Crippen molar-refractivity contribution in [1.29, 1.82) is 0 Å². The number of carbonyl (C=O) groups excluding carboxylic acids is 1. The van der Waals surface area contributed by atoms with E-state index in [9.17, 15) is 9.90 Å². The van der Waals surface area contributed by atoms with E-state index < -0.39 is 11.2 Å². The Morgan fingerprint density at radius 1 is 1.16 bits per heavy atom. The summed E-state index contributed by atoms with van der Waals surface area (Å²) in [6.45, 7) is 8.14. The van der Waals surface area contributed by atoms with Crippen LogP contribution in [-0.2, 0) is 10.3 Å². The van der Waals surface area contributed by atoms with Crippen molar-refractivity contribution in [2.45, 2.75) is 32.0 Å². The average Bonchev–Trinajstić information content (AvgIpc) is 2.47. The molecule has 2 saturated heterocycles. The number of rotatable bonds is 1. The van der Waals surface area contributed by atoms with Crippen LogP contribution in [0.1, 0.15) is 26.3 Å². The molecule has 0 aromatic heterocycles. The van der Waals surface area contributed by atoms with Crippen molar-refractivity contribution >= 4 is 22.0 Å². The van der Waals surface area contributed by atoms with Crippen molar-refractivity contribution in [3.05, 3.63) is 34.3 Å². The maximum absolute atomic E-state index is 12.5. The highest BCUT2D eigenvalue weighted by Gasteiger charge is 2.54. The lowest BCUT2D eigenvalue weighted by atomic mass is 9.66. The maximum atomic E-state index is 12.5. The van der Waals surface area contributed by atoms with Gasteiger partial charge in [0.15, 0.2) is 0 Å². The van der Waals surface area contributed by atoms with Crippen molar-refractivity contribution < 1.29 is 14.6 Å². The van der Waals surface area contributed by atoms with Crippen LogP contribution >= 0.6 is 15.9 Å². The monoisotopic (exact) mass is 410 g/mol. The highest BCUT2D eigenvalue weighted by Crippen LogP contribution is 2.45. The summed E-state index contributed by atoms with van der Waals surface area (Å²) in [6.07, 6.45) is -0.287. The standard InChI is InChI=1S/C19H27BrN2O3/c1-18(2,3)25-17(23)22-11-14-9-21(4)10-15(12-22)19(14,24)13-5-7-16(20)8-6-13/h5-8,14-15,24H,9-12H2,1-4H3. The van der Waals surface area contributed by atoms with Crippen LogP contribution in [-0.4, -0.2) is 59.8 Å². The number of hydrogen-bond donors (Lipinski definition) is 1. The Hall–Kier alpha value is -1.11. The number of ether oxygens (including phenoxy) is 1. The second-order valence-corrected chi connectivity index (χ2v) is 9.25. The quantitative estimate of drug-likeness (QED) is 0.772. The maximum Gasteiger partial charge on any atom is 0.410 e. The molecular formula is C19H27BrN2O3. The first kappa shape index (κ1) is 18.7. The molecule has 0 saturated carbocycles. The van der Waals surface area contributed by atoms with Gasteiger partial charge in [0.25, 0.3) is 0 Å². The van der Waals surface area contributed by atoms with Gasteiger partial charge in [-0.3, -0.25) is 0 Å². The van der Waals surface area contributed by atoms with Crippen LogP contribution in [0.3, 0.4) is 0 Å². The first-order valence-corrected chi connectivity index (χ1v) is 9.54. The fourth-order valence-electron chi connectivity index (χ4n) is 4.10. The van der Waals surface area contributed by atoms with Crippen LogP contribution in [0.4, 0.5) is 4.79 Å². The van der Waals surface area contributed by atoms with Gasteiger partial charge in [0, 0.05) is 42.5 Å². The highest BCUT2D eigenvalue weighted by molar-refractivity contribution is 9.10. The van der Waals surface area contributed by atoms with Crippen LogP contribution in [0.2, 0.25) is 0 Å². The Kier molecular flexibility index (Phi) is 4.90. The molecule has 2 fully saturated rings. The Bertz CT molecular complexity index is 625. The van der Waals surface area contributed by atoms with E-state index in [4.69, 9.17) is 4.74 Å². The molecule has 2 heterocycles. The zero-order chi connectivity index (χ0) is 18.4. The first-order valence-electron chi connectivity index (χ1n) is 8.74. The molecule has 1 aromatic carbocycles. The van der Waals surface area contributed by atoms with Crippen molar-refractivity contribution in [1.82, 2.24) is 9.80 Å². The van der Waals surface area contributed by atoms with Gasteiger partial charge < -0.3 is 19.6 Å². The molecule has 2 aliphatic heterocycles. The van der Waals surface area contributed by atoms with Gasteiger partial charge in [-0.2, -0.15) is 0 Å². The van der Waals surface area contributed by atoms with Gasteiger partial charge in [-0.05, 0) is 45.5 Å². The van der Waals surface area contributed by atoms with E-state index in [1.807, 2.05) is 45.0 Å². The number of amides is 1. The predicted molar refractivity (Wildman–Crippen MR) is 100 cm³/mol. The fourth-order valence-corrected chi connectivity index (χ4v) is 4.37. The Morgan fingerprint density at radius 2 is 1.68 bits per heavy atom. The van der Waals surface area contributed by atoms with Gasteiger partial charge in [-0.25, -0.2) is 4.79 Å². The van der Waals surface area contributed by atoms with Gasteiger partial charge >= 0.3 is 6.09 Å². The predicted octanol–water partition coefficient (Wildman–Crippen LogP) is 3.07. The lowest BCUT2D eigenvalue weighted by Gasteiger charge is -2.55. The van der Waals surface area contributed by atoms with Crippen molar-refractivity contribution in [3.8, 4) is 0 Å². The summed E-state index contributed by atoms with van der Waals surface area (Å²) in [7, 11) is 2.07. The molecule has 2 aliphatic rings. The number of carbonyl (C=O) groups is 1. The number of fused-ring (bicyclic) bond motifs is 2.